The Balaban J connectivity index is 2.45. The summed E-state index contributed by atoms with van der Waals surface area (Å²) in [6.45, 7) is 9.03. The van der Waals surface area contributed by atoms with Gasteiger partial charge in [0.05, 0.1) is 0 Å². The van der Waals surface area contributed by atoms with Gasteiger partial charge in [0, 0.05) is 30.1 Å². The monoisotopic (exact) mass is 270 g/mol. The van der Waals surface area contributed by atoms with Gasteiger partial charge in [0.15, 0.2) is 0 Å². The van der Waals surface area contributed by atoms with Crippen LogP contribution in [0.1, 0.15) is 37.5 Å². The minimum Gasteiger partial charge on any atom is -0.457 e. The SMILES string of the molecule is Cc1ccc(C(C)(C)C)c(Oc2ccncc2CN)c1. The highest BCUT2D eigenvalue weighted by molar-refractivity contribution is 5.45. The topological polar surface area (TPSA) is 48.1 Å². The fraction of sp³-hybridized carbons (Fsp3) is 0.353. The number of benzene rings is 1. The van der Waals surface area contributed by atoms with Crippen LogP contribution in [-0.2, 0) is 12.0 Å². The average Bonchev–Trinajstić information content (AvgIpc) is 2.38. The third-order valence-corrected chi connectivity index (χ3v) is 3.24. The van der Waals surface area contributed by atoms with Gasteiger partial charge in [-0.15, -0.1) is 0 Å². The van der Waals surface area contributed by atoms with Crippen LogP contribution in [0.25, 0.3) is 0 Å². The molecule has 0 spiro atoms. The lowest BCUT2D eigenvalue weighted by Gasteiger charge is -2.23. The molecule has 3 nitrogen and oxygen atoms in total. The molecular weight excluding hydrogens is 248 g/mol. The molecule has 0 saturated heterocycles. The molecule has 0 aliphatic rings. The van der Waals surface area contributed by atoms with E-state index in [1.807, 2.05) is 6.07 Å². The molecular formula is C17H22N2O. The number of aryl methyl sites for hydroxylation is 1. The standard InChI is InChI=1S/C17H22N2O/c1-12-5-6-14(17(2,3)4)16(9-12)20-15-7-8-19-11-13(15)10-18/h5-9,11H,10,18H2,1-4H3. The summed E-state index contributed by atoms with van der Waals surface area (Å²) in [6, 6.07) is 8.18. The van der Waals surface area contributed by atoms with Crippen molar-refractivity contribution in [3.63, 3.8) is 0 Å². The molecule has 106 valence electrons. The molecule has 2 N–H and O–H groups in total. The van der Waals surface area contributed by atoms with Crippen LogP contribution in [0.3, 0.4) is 0 Å². The van der Waals surface area contributed by atoms with Crippen LogP contribution in [-0.4, -0.2) is 4.98 Å². The van der Waals surface area contributed by atoms with Gasteiger partial charge in [-0.3, -0.25) is 4.98 Å². The summed E-state index contributed by atoms with van der Waals surface area (Å²) in [7, 11) is 0. The van der Waals surface area contributed by atoms with Gasteiger partial charge in [-0.1, -0.05) is 32.9 Å². The molecule has 1 aromatic heterocycles. The van der Waals surface area contributed by atoms with Crippen LogP contribution in [0, 0.1) is 6.92 Å². The Hall–Kier alpha value is -1.87. The largest absolute Gasteiger partial charge is 0.457 e. The van der Waals surface area contributed by atoms with Crippen LogP contribution >= 0.6 is 0 Å². The van der Waals surface area contributed by atoms with Crippen LogP contribution in [0.5, 0.6) is 11.5 Å². The number of nitrogens with two attached hydrogens (primary N) is 1. The van der Waals surface area contributed by atoms with E-state index in [0.717, 1.165) is 17.1 Å². The van der Waals surface area contributed by atoms with Crippen molar-refractivity contribution in [3.8, 4) is 11.5 Å². The van der Waals surface area contributed by atoms with E-state index in [4.69, 9.17) is 10.5 Å². The van der Waals surface area contributed by atoms with Crippen molar-refractivity contribution in [3.05, 3.63) is 53.3 Å². The number of rotatable bonds is 3. The van der Waals surface area contributed by atoms with Gasteiger partial charge in [0.1, 0.15) is 11.5 Å². The molecule has 0 bridgehead atoms. The molecule has 0 atom stereocenters. The van der Waals surface area contributed by atoms with Crippen LogP contribution < -0.4 is 10.5 Å². The number of nitrogens with zero attached hydrogens (tertiary/aromatic N) is 1. The molecule has 0 saturated carbocycles. The van der Waals surface area contributed by atoms with E-state index < -0.39 is 0 Å². The minimum atomic E-state index is 0.0267. The number of pyridine rings is 1. The summed E-state index contributed by atoms with van der Waals surface area (Å²) in [4.78, 5) is 4.09. The predicted octanol–water partition coefficient (Wildman–Crippen LogP) is 3.94. The molecule has 0 aliphatic carbocycles. The quantitative estimate of drug-likeness (QED) is 0.919. The van der Waals surface area contributed by atoms with Crippen molar-refractivity contribution in [2.45, 2.75) is 39.7 Å². The lowest BCUT2D eigenvalue weighted by molar-refractivity contribution is 0.449. The Bertz CT molecular complexity index is 600. The van der Waals surface area contributed by atoms with Crippen molar-refractivity contribution in [1.29, 1.82) is 0 Å². The second-order valence-electron chi connectivity index (χ2n) is 6.04. The second kappa shape index (κ2) is 5.63. The smallest absolute Gasteiger partial charge is 0.135 e. The Morgan fingerprint density at radius 3 is 2.55 bits per heavy atom. The summed E-state index contributed by atoms with van der Waals surface area (Å²) >= 11 is 0. The highest BCUT2D eigenvalue weighted by Gasteiger charge is 2.19. The molecule has 0 unspecified atom stereocenters. The van der Waals surface area contributed by atoms with E-state index in [9.17, 15) is 0 Å². The molecule has 0 aliphatic heterocycles. The summed E-state index contributed by atoms with van der Waals surface area (Å²) < 4.78 is 6.12. The zero-order valence-corrected chi connectivity index (χ0v) is 12.6. The average molecular weight is 270 g/mol. The fourth-order valence-electron chi connectivity index (χ4n) is 2.12. The molecule has 3 heteroatoms. The lowest BCUT2D eigenvalue weighted by Crippen LogP contribution is -2.13. The summed E-state index contributed by atoms with van der Waals surface area (Å²) in [5.74, 6) is 1.66. The van der Waals surface area contributed by atoms with Gasteiger partial charge < -0.3 is 10.5 Å². The Morgan fingerprint density at radius 1 is 1.15 bits per heavy atom. The van der Waals surface area contributed by atoms with Gasteiger partial charge in [-0.05, 0) is 30.0 Å². The van der Waals surface area contributed by atoms with Gasteiger partial charge in [0.2, 0.25) is 0 Å². The first-order valence-electron chi connectivity index (χ1n) is 6.84. The van der Waals surface area contributed by atoms with E-state index in [0.29, 0.717) is 6.54 Å². The van der Waals surface area contributed by atoms with E-state index in [-0.39, 0.29) is 5.41 Å². The zero-order chi connectivity index (χ0) is 14.8. The molecule has 0 fully saturated rings. The van der Waals surface area contributed by atoms with Crippen molar-refractivity contribution < 1.29 is 4.74 Å². The predicted molar refractivity (Wildman–Crippen MR) is 82.1 cm³/mol. The zero-order valence-electron chi connectivity index (χ0n) is 12.6. The number of hydrogen-bond acceptors (Lipinski definition) is 3. The minimum absolute atomic E-state index is 0.0267. The van der Waals surface area contributed by atoms with Crippen molar-refractivity contribution in [1.82, 2.24) is 4.98 Å². The summed E-state index contributed by atoms with van der Waals surface area (Å²) in [5.41, 5.74) is 9.04. The normalized spacial score (nSPS) is 11.4. The van der Waals surface area contributed by atoms with Crippen molar-refractivity contribution >= 4 is 0 Å². The molecule has 1 heterocycles. The number of aromatic nitrogens is 1. The van der Waals surface area contributed by atoms with Crippen molar-refractivity contribution in [2.24, 2.45) is 5.73 Å². The molecule has 0 amide bonds. The molecule has 2 rings (SSSR count). The highest BCUT2D eigenvalue weighted by Crippen LogP contribution is 2.35. The highest BCUT2D eigenvalue weighted by atomic mass is 16.5. The van der Waals surface area contributed by atoms with Gasteiger partial charge in [0.25, 0.3) is 0 Å². The fourth-order valence-corrected chi connectivity index (χ4v) is 2.12. The van der Waals surface area contributed by atoms with Gasteiger partial charge in [-0.25, -0.2) is 0 Å². The lowest BCUT2D eigenvalue weighted by atomic mass is 9.86. The Labute approximate surface area is 120 Å². The maximum absolute atomic E-state index is 6.12. The van der Waals surface area contributed by atoms with Crippen LogP contribution in [0.4, 0.5) is 0 Å². The summed E-state index contributed by atoms with van der Waals surface area (Å²) in [5, 5.41) is 0. The molecule has 20 heavy (non-hydrogen) atoms. The first-order valence-corrected chi connectivity index (χ1v) is 6.84. The maximum Gasteiger partial charge on any atom is 0.135 e. The first-order chi connectivity index (χ1) is 9.41. The Kier molecular flexibility index (Phi) is 4.09. The van der Waals surface area contributed by atoms with E-state index in [1.54, 1.807) is 12.4 Å². The second-order valence-corrected chi connectivity index (χ2v) is 6.04. The van der Waals surface area contributed by atoms with Crippen molar-refractivity contribution in [2.75, 3.05) is 0 Å². The third-order valence-electron chi connectivity index (χ3n) is 3.24. The number of hydrogen-bond donors (Lipinski definition) is 1. The summed E-state index contributed by atoms with van der Waals surface area (Å²) in [6.07, 6.45) is 3.48. The molecule has 1 aromatic carbocycles. The van der Waals surface area contributed by atoms with E-state index >= 15 is 0 Å². The first kappa shape index (κ1) is 14.5. The van der Waals surface area contributed by atoms with Gasteiger partial charge >= 0.3 is 0 Å². The van der Waals surface area contributed by atoms with Crippen LogP contribution in [0.2, 0.25) is 0 Å². The number of ether oxygens (including phenoxy) is 1. The van der Waals surface area contributed by atoms with E-state index in [2.05, 4.69) is 50.9 Å². The third kappa shape index (κ3) is 3.17. The van der Waals surface area contributed by atoms with Crippen LogP contribution in [0.15, 0.2) is 36.7 Å². The van der Waals surface area contributed by atoms with Gasteiger partial charge in [-0.2, -0.15) is 0 Å². The van der Waals surface area contributed by atoms with E-state index in [1.165, 1.54) is 11.1 Å². The molecule has 2 aromatic rings. The maximum atomic E-state index is 6.12. The molecule has 0 radical (unpaired) electrons. The Morgan fingerprint density at radius 2 is 1.90 bits per heavy atom.